The smallest absolute Gasteiger partial charge is 0.244 e. The lowest BCUT2D eigenvalue weighted by molar-refractivity contribution is 0.279. The van der Waals surface area contributed by atoms with Crippen LogP contribution < -0.4 is 0 Å². The first-order valence-corrected chi connectivity index (χ1v) is 11.8. The van der Waals surface area contributed by atoms with Gasteiger partial charge in [-0.3, -0.25) is 0 Å². The minimum atomic E-state index is -1.01. The van der Waals surface area contributed by atoms with Gasteiger partial charge in [-0.2, -0.15) is 0 Å². The summed E-state index contributed by atoms with van der Waals surface area (Å²) in [5.74, 6) is 3.84. The Kier molecular flexibility index (Phi) is 11.9. The molecule has 0 aliphatic heterocycles. The first-order chi connectivity index (χ1) is 9.88. The Bertz CT molecular complexity index is 293. The Morgan fingerprint density at radius 2 is 1.43 bits per heavy atom. The van der Waals surface area contributed by atoms with E-state index in [0.717, 1.165) is 0 Å². The summed E-state index contributed by atoms with van der Waals surface area (Å²) >= 11 is 0. The number of hydrogen-bond acceptors (Lipinski definition) is 1. The lowest BCUT2D eigenvalue weighted by atomic mass is 9.78. The van der Waals surface area contributed by atoms with Crippen LogP contribution in [0.4, 0.5) is 0 Å². The molecule has 0 aliphatic carbocycles. The number of rotatable bonds is 10. The van der Waals surface area contributed by atoms with Crippen molar-refractivity contribution in [1.29, 1.82) is 0 Å². The zero-order valence-electron chi connectivity index (χ0n) is 15.4. The minimum Gasteiger partial charge on any atom is -0.505 e. The highest BCUT2D eigenvalue weighted by Gasteiger charge is 2.22. The van der Waals surface area contributed by atoms with Crippen molar-refractivity contribution in [3.05, 3.63) is 0 Å². The Balaban J connectivity index is 3.89. The fourth-order valence-corrected chi connectivity index (χ4v) is 2.73. The molecule has 0 spiro atoms. The number of unbranched alkanes of at least 4 members (excludes halogenated alkanes) is 7. The zero-order chi connectivity index (χ0) is 16.1. The van der Waals surface area contributed by atoms with Crippen LogP contribution in [-0.2, 0) is 4.43 Å². The van der Waals surface area contributed by atoms with Crippen molar-refractivity contribution >= 4 is 9.04 Å². The molecule has 124 valence electrons. The fourth-order valence-electron chi connectivity index (χ4n) is 2.43. The van der Waals surface area contributed by atoms with E-state index in [2.05, 4.69) is 52.8 Å². The second-order valence-electron chi connectivity index (χ2n) is 7.60. The molecule has 0 aliphatic rings. The van der Waals surface area contributed by atoms with Crippen LogP contribution in [0.25, 0.3) is 0 Å². The molecule has 0 aromatic heterocycles. The molecule has 0 radical (unpaired) electrons. The third-order valence-corrected chi connectivity index (χ3v) is 4.51. The first-order valence-electron chi connectivity index (χ1n) is 9.04. The zero-order valence-corrected chi connectivity index (χ0v) is 16.6. The SMILES string of the molecule is CCCCCCCCCCC(C#CO[SiH](C)C)C(C)(C)C. The van der Waals surface area contributed by atoms with Gasteiger partial charge in [0.15, 0.2) is 0 Å². The molecule has 2 heteroatoms. The highest BCUT2D eigenvalue weighted by atomic mass is 28.3. The van der Waals surface area contributed by atoms with E-state index >= 15 is 0 Å². The van der Waals surface area contributed by atoms with Gasteiger partial charge < -0.3 is 4.43 Å². The van der Waals surface area contributed by atoms with Gasteiger partial charge in [-0.1, -0.05) is 85.0 Å². The monoisotopic (exact) mass is 310 g/mol. The van der Waals surface area contributed by atoms with Crippen molar-refractivity contribution in [3.63, 3.8) is 0 Å². The maximum absolute atomic E-state index is 5.53. The molecule has 0 fully saturated rings. The van der Waals surface area contributed by atoms with Crippen molar-refractivity contribution in [3.8, 4) is 12.0 Å². The molecule has 0 amide bonds. The maximum atomic E-state index is 5.53. The molecular weight excluding hydrogens is 272 g/mol. The van der Waals surface area contributed by atoms with Crippen LogP contribution >= 0.6 is 0 Å². The first kappa shape index (κ1) is 20.6. The van der Waals surface area contributed by atoms with Crippen molar-refractivity contribution in [1.82, 2.24) is 0 Å². The van der Waals surface area contributed by atoms with Gasteiger partial charge in [0.05, 0.1) is 6.11 Å². The molecule has 0 aromatic rings. The summed E-state index contributed by atoms with van der Waals surface area (Å²) in [4.78, 5) is 0. The van der Waals surface area contributed by atoms with Gasteiger partial charge in [0, 0.05) is 5.92 Å². The van der Waals surface area contributed by atoms with E-state index in [1.54, 1.807) is 0 Å². The van der Waals surface area contributed by atoms with Crippen molar-refractivity contribution in [2.75, 3.05) is 0 Å². The van der Waals surface area contributed by atoms with Crippen LogP contribution in [0.5, 0.6) is 0 Å². The van der Waals surface area contributed by atoms with E-state index in [0.29, 0.717) is 5.92 Å². The van der Waals surface area contributed by atoms with E-state index < -0.39 is 9.04 Å². The Labute approximate surface area is 136 Å². The molecule has 0 saturated carbocycles. The Morgan fingerprint density at radius 3 is 1.90 bits per heavy atom. The molecule has 0 rings (SSSR count). The van der Waals surface area contributed by atoms with Crippen LogP contribution in [0.15, 0.2) is 0 Å². The molecule has 0 N–H and O–H groups in total. The average molecular weight is 311 g/mol. The van der Waals surface area contributed by atoms with E-state index in [4.69, 9.17) is 4.43 Å². The van der Waals surface area contributed by atoms with Gasteiger partial charge in [0.2, 0.25) is 9.04 Å². The summed E-state index contributed by atoms with van der Waals surface area (Å²) in [5.41, 5.74) is 0.260. The van der Waals surface area contributed by atoms with Gasteiger partial charge in [0.25, 0.3) is 0 Å². The van der Waals surface area contributed by atoms with Gasteiger partial charge in [-0.25, -0.2) is 0 Å². The van der Waals surface area contributed by atoms with E-state index in [1.165, 1.54) is 57.8 Å². The standard InChI is InChI=1S/C19H38OSi/c1-7-8-9-10-11-12-13-14-15-18(19(2,3)4)16-17-20-21(5)6/h18,21H,7-15H2,1-6H3. The van der Waals surface area contributed by atoms with Gasteiger partial charge in [-0.15, -0.1) is 0 Å². The van der Waals surface area contributed by atoms with Crippen LogP contribution in [-0.4, -0.2) is 9.04 Å². The largest absolute Gasteiger partial charge is 0.505 e. The summed E-state index contributed by atoms with van der Waals surface area (Å²) in [7, 11) is -1.01. The van der Waals surface area contributed by atoms with E-state index in [9.17, 15) is 0 Å². The van der Waals surface area contributed by atoms with Gasteiger partial charge >= 0.3 is 0 Å². The molecule has 21 heavy (non-hydrogen) atoms. The summed E-state index contributed by atoms with van der Waals surface area (Å²) in [6.45, 7) is 13.5. The maximum Gasteiger partial charge on any atom is 0.244 e. The van der Waals surface area contributed by atoms with Crippen LogP contribution in [0, 0.1) is 23.4 Å². The topological polar surface area (TPSA) is 9.23 Å². The lowest BCUT2D eigenvalue weighted by Gasteiger charge is -2.26. The molecule has 1 atom stereocenters. The van der Waals surface area contributed by atoms with Gasteiger partial charge in [-0.05, 0) is 24.9 Å². The molecule has 0 bridgehead atoms. The summed E-state index contributed by atoms with van der Waals surface area (Å²) in [5, 5.41) is 0. The molecule has 0 saturated heterocycles. The third-order valence-electron chi connectivity index (χ3n) is 3.92. The molecule has 1 unspecified atom stereocenters. The molecule has 1 nitrogen and oxygen atoms in total. The summed E-state index contributed by atoms with van der Waals surface area (Å²) in [6.07, 6.45) is 15.3. The van der Waals surface area contributed by atoms with Crippen molar-refractivity contribution in [2.24, 2.45) is 11.3 Å². The normalized spacial score (nSPS) is 12.9. The predicted molar refractivity (Wildman–Crippen MR) is 97.9 cm³/mol. The summed E-state index contributed by atoms with van der Waals surface area (Å²) < 4.78 is 5.53. The van der Waals surface area contributed by atoms with Crippen molar-refractivity contribution < 1.29 is 4.43 Å². The van der Waals surface area contributed by atoms with Crippen LogP contribution in [0.2, 0.25) is 13.1 Å². The predicted octanol–water partition coefficient (Wildman–Crippen LogP) is 6.14. The minimum absolute atomic E-state index is 0.260. The second-order valence-corrected chi connectivity index (χ2v) is 9.93. The third kappa shape index (κ3) is 13.0. The lowest BCUT2D eigenvalue weighted by Crippen LogP contribution is -2.19. The molecular formula is C19H38OSi. The van der Waals surface area contributed by atoms with Gasteiger partial charge in [0.1, 0.15) is 0 Å². The molecule has 0 aromatic carbocycles. The molecule has 0 heterocycles. The van der Waals surface area contributed by atoms with E-state index in [1.807, 2.05) is 0 Å². The van der Waals surface area contributed by atoms with Crippen LogP contribution in [0.3, 0.4) is 0 Å². The Morgan fingerprint density at radius 1 is 0.905 bits per heavy atom. The highest BCUT2D eigenvalue weighted by Crippen LogP contribution is 2.30. The quantitative estimate of drug-likeness (QED) is 0.267. The van der Waals surface area contributed by atoms with Crippen LogP contribution in [0.1, 0.15) is 85.5 Å². The highest BCUT2D eigenvalue weighted by molar-refractivity contribution is 6.48. The number of hydrogen-bond donors (Lipinski definition) is 0. The second kappa shape index (κ2) is 12.2. The van der Waals surface area contributed by atoms with Crippen molar-refractivity contribution in [2.45, 2.75) is 98.6 Å². The fraction of sp³-hybridized carbons (Fsp3) is 0.895. The summed E-state index contributed by atoms with van der Waals surface area (Å²) in [6, 6.07) is 0. The Hall–Kier alpha value is -0.423. The average Bonchev–Trinajstić information content (AvgIpc) is 2.38. The van der Waals surface area contributed by atoms with E-state index in [-0.39, 0.29) is 5.41 Å².